The number of carbonyl (C=O) groups excluding carboxylic acids is 1. The largest absolute Gasteiger partial charge is 0.461 e. The second kappa shape index (κ2) is 7.09. The van der Waals surface area contributed by atoms with Crippen LogP contribution < -0.4 is 10.6 Å². The Morgan fingerprint density at radius 1 is 1.39 bits per heavy atom. The van der Waals surface area contributed by atoms with Crippen LogP contribution in [0.25, 0.3) is 6.08 Å². The number of hydrogen-bond donors (Lipinski definition) is 2. The molecule has 1 aliphatic carbocycles. The summed E-state index contributed by atoms with van der Waals surface area (Å²) in [6.07, 6.45) is 9.24. The molecule has 2 N–H and O–H groups in total. The number of amides is 1. The van der Waals surface area contributed by atoms with Gasteiger partial charge in [0.05, 0.1) is 6.20 Å². The molecule has 2 atom stereocenters. The molecule has 0 saturated heterocycles. The summed E-state index contributed by atoms with van der Waals surface area (Å²) in [6, 6.07) is 3.90. The summed E-state index contributed by atoms with van der Waals surface area (Å²) in [5.74, 6) is 3.54. The van der Waals surface area contributed by atoms with Crippen LogP contribution in [0.2, 0.25) is 0 Å². The number of nitrogens with one attached hydrogen (secondary N) is 2. The molecule has 1 amide bonds. The highest BCUT2D eigenvalue weighted by Gasteiger charge is 2.36. The zero-order valence-electron chi connectivity index (χ0n) is 13.0. The quantitative estimate of drug-likeness (QED) is 0.606. The number of carbonyl (C=O) groups is 1. The highest BCUT2D eigenvalue weighted by molar-refractivity contribution is 5.91. The maximum atomic E-state index is 11.7. The average Bonchev–Trinajstić information content (AvgIpc) is 3.11. The van der Waals surface area contributed by atoms with E-state index in [-0.39, 0.29) is 5.91 Å². The third-order valence-corrected chi connectivity index (χ3v) is 3.81. The standard InChI is InChI=1S/C17H20N4O2/c1-12-10-14(12)15-4-2-13(23-15)3-5-17(22)21-9-8-20-16-11-18-6-7-19-16/h2-7,11-12,14H,8-10H2,1H3,(H,19,20)(H,21,22)/b5-3-/t12-,14-/m1/s1. The van der Waals surface area contributed by atoms with Crippen LogP contribution in [0.3, 0.4) is 0 Å². The lowest BCUT2D eigenvalue weighted by Crippen LogP contribution is -2.27. The fourth-order valence-corrected chi connectivity index (χ4v) is 2.36. The first kappa shape index (κ1) is 15.3. The van der Waals surface area contributed by atoms with Gasteiger partial charge in [0.25, 0.3) is 0 Å². The van der Waals surface area contributed by atoms with Crippen LogP contribution in [0.4, 0.5) is 5.82 Å². The highest BCUT2D eigenvalue weighted by Crippen LogP contribution is 2.47. The van der Waals surface area contributed by atoms with Gasteiger partial charge in [-0.3, -0.25) is 9.78 Å². The Balaban J connectivity index is 1.38. The molecule has 0 radical (unpaired) electrons. The summed E-state index contributed by atoms with van der Waals surface area (Å²) in [6.45, 7) is 3.30. The average molecular weight is 312 g/mol. The van der Waals surface area contributed by atoms with Gasteiger partial charge >= 0.3 is 0 Å². The molecule has 1 aliphatic rings. The normalized spacial score (nSPS) is 19.7. The van der Waals surface area contributed by atoms with E-state index in [4.69, 9.17) is 4.42 Å². The lowest BCUT2D eigenvalue weighted by atomic mass is 10.3. The molecule has 2 aromatic heterocycles. The summed E-state index contributed by atoms with van der Waals surface area (Å²) in [4.78, 5) is 19.8. The van der Waals surface area contributed by atoms with Crippen LogP contribution in [0.15, 0.2) is 41.2 Å². The minimum atomic E-state index is -0.149. The zero-order chi connectivity index (χ0) is 16.1. The van der Waals surface area contributed by atoms with Crippen molar-refractivity contribution in [1.29, 1.82) is 0 Å². The molecule has 1 fully saturated rings. The molecule has 6 nitrogen and oxygen atoms in total. The molecule has 120 valence electrons. The van der Waals surface area contributed by atoms with Gasteiger partial charge in [-0.05, 0) is 30.5 Å². The van der Waals surface area contributed by atoms with Crippen molar-refractivity contribution >= 4 is 17.8 Å². The van der Waals surface area contributed by atoms with Gasteiger partial charge in [0, 0.05) is 37.5 Å². The molecule has 0 bridgehead atoms. The Labute approximate surface area is 135 Å². The summed E-state index contributed by atoms with van der Waals surface area (Å²) in [5, 5.41) is 5.86. The molecule has 0 aliphatic heterocycles. The van der Waals surface area contributed by atoms with Gasteiger partial charge in [-0.25, -0.2) is 4.98 Å². The molecule has 0 aromatic carbocycles. The third-order valence-electron chi connectivity index (χ3n) is 3.81. The minimum absolute atomic E-state index is 0.149. The van der Waals surface area contributed by atoms with E-state index in [9.17, 15) is 4.79 Å². The number of hydrogen-bond acceptors (Lipinski definition) is 5. The summed E-state index contributed by atoms with van der Waals surface area (Å²) >= 11 is 0. The van der Waals surface area contributed by atoms with Crippen molar-refractivity contribution in [2.24, 2.45) is 5.92 Å². The maximum absolute atomic E-state index is 11.7. The fraction of sp³-hybridized carbons (Fsp3) is 0.353. The van der Waals surface area contributed by atoms with Gasteiger partial charge in [-0.1, -0.05) is 6.92 Å². The number of anilines is 1. The van der Waals surface area contributed by atoms with E-state index in [2.05, 4.69) is 27.5 Å². The Morgan fingerprint density at radius 2 is 2.26 bits per heavy atom. The van der Waals surface area contributed by atoms with Crippen molar-refractivity contribution < 1.29 is 9.21 Å². The maximum Gasteiger partial charge on any atom is 0.244 e. The summed E-state index contributed by atoms with van der Waals surface area (Å²) < 4.78 is 5.72. The Kier molecular flexibility index (Phi) is 4.71. The van der Waals surface area contributed by atoms with Crippen LogP contribution in [-0.4, -0.2) is 29.0 Å². The second-order valence-corrected chi connectivity index (χ2v) is 5.70. The Morgan fingerprint density at radius 3 is 3.00 bits per heavy atom. The van der Waals surface area contributed by atoms with E-state index in [1.165, 1.54) is 12.5 Å². The molecule has 6 heteroatoms. The zero-order valence-corrected chi connectivity index (χ0v) is 13.0. The molecule has 3 rings (SSSR count). The second-order valence-electron chi connectivity index (χ2n) is 5.70. The molecule has 23 heavy (non-hydrogen) atoms. The van der Waals surface area contributed by atoms with Gasteiger partial charge < -0.3 is 15.1 Å². The summed E-state index contributed by atoms with van der Waals surface area (Å²) in [7, 11) is 0. The predicted octanol–water partition coefficient (Wildman–Crippen LogP) is 2.43. The van der Waals surface area contributed by atoms with Crippen LogP contribution in [0.5, 0.6) is 0 Å². The van der Waals surface area contributed by atoms with Crippen LogP contribution in [-0.2, 0) is 4.79 Å². The monoisotopic (exact) mass is 312 g/mol. The molecule has 1 saturated carbocycles. The molecular weight excluding hydrogens is 292 g/mol. The molecule has 2 aromatic rings. The summed E-state index contributed by atoms with van der Waals surface area (Å²) in [5.41, 5.74) is 0. The molecule has 0 spiro atoms. The first-order valence-corrected chi connectivity index (χ1v) is 7.78. The van der Waals surface area contributed by atoms with Crippen molar-refractivity contribution in [2.45, 2.75) is 19.3 Å². The number of furan rings is 1. The SMILES string of the molecule is C[C@@H]1C[C@H]1c1ccc(/C=C\C(=O)NCCNc2cnccn2)o1. The topological polar surface area (TPSA) is 80.0 Å². The van der Waals surface area contributed by atoms with Gasteiger partial charge in [-0.2, -0.15) is 0 Å². The first-order valence-electron chi connectivity index (χ1n) is 7.78. The van der Waals surface area contributed by atoms with Crippen molar-refractivity contribution in [1.82, 2.24) is 15.3 Å². The lowest BCUT2D eigenvalue weighted by Gasteiger charge is -2.04. The molecule has 0 unspecified atom stereocenters. The fourth-order valence-electron chi connectivity index (χ4n) is 2.36. The van der Waals surface area contributed by atoms with Crippen LogP contribution in [0.1, 0.15) is 30.8 Å². The van der Waals surface area contributed by atoms with E-state index in [0.717, 1.165) is 5.76 Å². The van der Waals surface area contributed by atoms with Gasteiger partial charge in [-0.15, -0.1) is 0 Å². The first-order chi connectivity index (χ1) is 11.2. The van der Waals surface area contributed by atoms with Crippen molar-refractivity contribution in [3.8, 4) is 0 Å². The van der Waals surface area contributed by atoms with Gasteiger partial charge in [0.1, 0.15) is 17.3 Å². The van der Waals surface area contributed by atoms with Crippen molar-refractivity contribution in [3.05, 3.63) is 48.3 Å². The van der Waals surface area contributed by atoms with E-state index in [0.29, 0.717) is 36.5 Å². The van der Waals surface area contributed by atoms with E-state index >= 15 is 0 Å². The van der Waals surface area contributed by atoms with Crippen LogP contribution >= 0.6 is 0 Å². The van der Waals surface area contributed by atoms with Crippen LogP contribution in [0, 0.1) is 5.92 Å². The lowest BCUT2D eigenvalue weighted by molar-refractivity contribution is -0.116. The van der Waals surface area contributed by atoms with E-state index in [1.54, 1.807) is 24.7 Å². The third kappa shape index (κ3) is 4.42. The molecular formula is C17H20N4O2. The Bertz CT molecular complexity index is 681. The van der Waals surface area contributed by atoms with E-state index in [1.807, 2.05) is 12.1 Å². The predicted molar refractivity (Wildman–Crippen MR) is 87.8 cm³/mol. The van der Waals surface area contributed by atoms with Gasteiger partial charge in [0.2, 0.25) is 5.91 Å². The Hall–Kier alpha value is -2.63. The van der Waals surface area contributed by atoms with Crippen molar-refractivity contribution in [3.63, 3.8) is 0 Å². The number of rotatable bonds is 7. The molecule has 2 heterocycles. The van der Waals surface area contributed by atoms with Gasteiger partial charge in [0.15, 0.2) is 0 Å². The smallest absolute Gasteiger partial charge is 0.244 e. The minimum Gasteiger partial charge on any atom is -0.461 e. The van der Waals surface area contributed by atoms with E-state index < -0.39 is 0 Å². The number of aromatic nitrogens is 2. The number of nitrogens with zero attached hydrogens (tertiary/aromatic N) is 2. The van der Waals surface area contributed by atoms with Crippen molar-refractivity contribution in [2.75, 3.05) is 18.4 Å². The highest BCUT2D eigenvalue weighted by atomic mass is 16.3.